The Morgan fingerprint density at radius 1 is 1.23 bits per heavy atom. The first-order chi connectivity index (χ1) is 14.7. The Morgan fingerprint density at radius 3 is 2.83 bits per heavy atom. The van der Waals surface area contributed by atoms with Gasteiger partial charge in [0.05, 0.1) is 18.4 Å². The van der Waals surface area contributed by atoms with Crippen LogP contribution in [0.3, 0.4) is 0 Å². The molecule has 1 atom stereocenters. The first-order valence-corrected chi connectivity index (χ1v) is 11.2. The fourth-order valence-corrected chi connectivity index (χ4v) is 4.32. The molecule has 0 saturated carbocycles. The standard InChI is InChI=1S/C22H27N5O2S/c1-26-11-5-9-18(26)13-20-24-25-22(27(20)15-17-7-3-2-4-8-17)30-16-21(28)23-14-19-10-6-12-29-19/h2-5,7-9,11,19H,6,10,12-16H2,1H3,(H,23,28)/t19-/m0/s1. The van der Waals surface area contributed by atoms with Gasteiger partial charge in [-0.25, -0.2) is 0 Å². The van der Waals surface area contributed by atoms with Crippen LogP contribution in [-0.2, 0) is 29.5 Å². The van der Waals surface area contributed by atoms with E-state index in [1.165, 1.54) is 23.0 Å². The molecule has 158 valence electrons. The molecule has 30 heavy (non-hydrogen) atoms. The summed E-state index contributed by atoms with van der Waals surface area (Å²) < 4.78 is 9.77. The van der Waals surface area contributed by atoms with Crippen LogP contribution in [0, 0.1) is 0 Å². The van der Waals surface area contributed by atoms with E-state index in [0.29, 0.717) is 25.3 Å². The zero-order chi connectivity index (χ0) is 20.8. The van der Waals surface area contributed by atoms with E-state index < -0.39 is 0 Å². The summed E-state index contributed by atoms with van der Waals surface area (Å²) in [5.41, 5.74) is 2.35. The van der Waals surface area contributed by atoms with Gasteiger partial charge >= 0.3 is 0 Å². The van der Waals surface area contributed by atoms with Crippen LogP contribution in [-0.4, -0.2) is 50.2 Å². The molecule has 1 aliphatic rings. The van der Waals surface area contributed by atoms with Gasteiger partial charge in [-0.05, 0) is 30.5 Å². The third-order valence-electron chi connectivity index (χ3n) is 5.25. The number of carbonyl (C=O) groups is 1. The quantitative estimate of drug-likeness (QED) is 0.534. The summed E-state index contributed by atoms with van der Waals surface area (Å²) in [6.07, 6.45) is 4.96. The summed E-state index contributed by atoms with van der Waals surface area (Å²) >= 11 is 1.42. The Labute approximate surface area is 180 Å². The molecule has 1 aliphatic heterocycles. The average Bonchev–Trinajstić information content (AvgIpc) is 3.50. The summed E-state index contributed by atoms with van der Waals surface area (Å²) in [4.78, 5) is 12.3. The van der Waals surface area contributed by atoms with Crippen LogP contribution in [0.1, 0.15) is 29.9 Å². The number of hydrogen-bond acceptors (Lipinski definition) is 5. The third-order valence-corrected chi connectivity index (χ3v) is 6.22. The highest BCUT2D eigenvalue weighted by atomic mass is 32.2. The highest BCUT2D eigenvalue weighted by molar-refractivity contribution is 7.99. The van der Waals surface area contributed by atoms with Crippen molar-refractivity contribution in [3.63, 3.8) is 0 Å². The van der Waals surface area contributed by atoms with Crippen molar-refractivity contribution in [2.24, 2.45) is 7.05 Å². The molecule has 1 saturated heterocycles. The molecule has 0 aliphatic carbocycles. The van der Waals surface area contributed by atoms with Crippen LogP contribution in [0.15, 0.2) is 53.8 Å². The van der Waals surface area contributed by atoms with Gasteiger partial charge in [-0.15, -0.1) is 10.2 Å². The lowest BCUT2D eigenvalue weighted by Gasteiger charge is -2.12. The predicted octanol–water partition coefficient (Wildman–Crippen LogP) is 2.64. The molecule has 0 unspecified atom stereocenters. The second-order valence-corrected chi connectivity index (χ2v) is 8.43. The number of ether oxygens (including phenoxy) is 1. The molecule has 1 aromatic carbocycles. The number of hydrogen-bond donors (Lipinski definition) is 1. The van der Waals surface area contributed by atoms with E-state index in [2.05, 4.69) is 42.8 Å². The third kappa shape index (κ3) is 5.31. The lowest BCUT2D eigenvalue weighted by Crippen LogP contribution is -2.33. The predicted molar refractivity (Wildman–Crippen MR) is 116 cm³/mol. The second-order valence-electron chi connectivity index (χ2n) is 7.49. The molecular formula is C22H27N5O2S. The van der Waals surface area contributed by atoms with Crippen molar-refractivity contribution in [3.05, 3.63) is 65.7 Å². The van der Waals surface area contributed by atoms with Gasteiger partial charge in [-0.2, -0.15) is 0 Å². The minimum Gasteiger partial charge on any atom is -0.376 e. The summed E-state index contributed by atoms with van der Waals surface area (Å²) in [7, 11) is 2.03. The van der Waals surface area contributed by atoms with Gasteiger partial charge in [0.15, 0.2) is 5.16 Å². The van der Waals surface area contributed by atoms with E-state index in [-0.39, 0.29) is 12.0 Å². The normalized spacial score (nSPS) is 16.1. The van der Waals surface area contributed by atoms with Crippen molar-refractivity contribution in [1.29, 1.82) is 0 Å². The van der Waals surface area contributed by atoms with Crippen LogP contribution in [0.2, 0.25) is 0 Å². The number of nitrogens with zero attached hydrogens (tertiary/aromatic N) is 4. The Balaban J connectivity index is 1.44. The number of aryl methyl sites for hydroxylation is 1. The molecule has 3 heterocycles. The SMILES string of the molecule is Cn1cccc1Cc1nnc(SCC(=O)NC[C@@H]2CCCO2)n1Cc1ccccc1. The van der Waals surface area contributed by atoms with Gasteiger partial charge < -0.3 is 19.2 Å². The van der Waals surface area contributed by atoms with Crippen LogP contribution >= 0.6 is 11.8 Å². The summed E-state index contributed by atoms with van der Waals surface area (Å²) in [5, 5.41) is 12.6. The number of thioether (sulfide) groups is 1. The monoisotopic (exact) mass is 425 g/mol. The number of aromatic nitrogens is 4. The van der Waals surface area contributed by atoms with Crippen LogP contribution in [0.5, 0.6) is 0 Å². The smallest absolute Gasteiger partial charge is 0.230 e. The molecule has 7 nitrogen and oxygen atoms in total. The van der Waals surface area contributed by atoms with E-state index in [1.54, 1.807) is 0 Å². The fraction of sp³-hybridized carbons (Fsp3) is 0.409. The summed E-state index contributed by atoms with van der Waals surface area (Å²) in [6, 6.07) is 14.4. The van der Waals surface area contributed by atoms with E-state index in [4.69, 9.17) is 4.74 Å². The van der Waals surface area contributed by atoms with Crippen LogP contribution in [0.25, 0.3) is 0 Å². The zero-order valence-corrected chi connectivity index (χ0v) is 18.0. The lowest BCUT2D eigenvalue weighted by molar-refractivity contribution is -0.119. The molecule has 3 aromatic rings. The van der Waals surface area contributed by atoms with Gasteiger partial charge in [-0.1, -0.05) is 42.1 Å². The number of nitrogens with one attached hydrogen (secondary N) is 1. The van der Waals surface area contributed by atoms with Crippen molar-refractivity contribution in [3.8, 4) is 0 Å². The maximum Gasteiger partial charge on any atom is 0.230 e. The van der Waals surface area contributed by atoms with Gasteiger partial charge in [0.2, 0.25) is 5.91 Å². The molecule has 0 spiro atoms. The molecule has 1 amide bonds. The molecule has 1 N–H and O–H groups in total. The maximum atomic E-state index is 12.3. The van der Waals surface area contributed by atoms with Crippen LogP contribution < -0.4 is 5.32 Å². The van der Waals surface area contributed by atoms with Crippen molar-refractivity contribution < 1.29 is 9.53 Å². The van der Waals surface area contributed by atoms with Gasteiger partial charge in [0.25, 0.3) is 0 Å². The number of carbonyl (C=O) groups excluding carboxylic acids is 1. The Hall–Kier alpha value is -2.58. The average molecular weight is 426 g/mol. The molecule has 0 bridgehead atoms. The number of amides is 1. The van der Waals surface area contributed by atoms with E-state index in [0.717, 1.165) is 30.4 Å². The molecule has 4 rings (SSSR count). The molecule has 0 radical (unpaired) electrons. The highest BCUT2D eigenvalue weighted by Crippen LogP contribution is 2.21. The van der Waals surface area contributed by atoms with Crippen LogP contribution in [0.4, 0.5) is 0 Å². The largest absolute Gasteiger partial charge is 0.376 e. The number of rotatable bonds is 9. The van der Waals surface area contributed by atoms with Crippen molar-refractivity contribution in [2.45, 2.75) is 37.1 Å². The second kappa shape index (κ2) is 9.95. The first-order valence-electron chi connectivity index (χ1n) is 10.3. The molecule has 8 heteroatoms. The van der Waals surface area contributed by atoms with Gasteiger partial charge in [0.1, 0.15) is 5.82 Å². The summed E-state index contributed by atoms with van der Waals surface area (Å²) in [6.45, 7) is 2.05. The zero-order valence-electron chi connectivity index (χ0n) is 17.2. The van der Waals surface area contributed by atoms with Crippen molar-refractivity contribution in [2.75, 3.05) is 18.9 Å². The van der Waals surface area contributed by atoms with E-state index in [9.17, 15) is 4.79 Å². The van der Waals surface area contributed by atoms with Crippen molar-refractivity contribution in [1.82, 2.24) is 24.6 Å². The molecular weight excluding hydrogens is 398 g/mol. The topological polar surface area (TPSA) is 74.0 Å². The van der Waals surface area contributed by atoms with E-state index in [1.807, 2.05) is 37.5 Å². The molecule has 2 aromatic heterocycles. The first kappa shape index (κ1) is 20.7. The Bertz CT molecular complexity index is 963. The maximum absolute atomic E-state index is 12.3. The lowest BCUT2D eigenvalue weighted by atomic mass is 10.2. The fourth-order valence-electron chi connectivity index (χ4n) is 3.54. The summed E-state index contributed by atoms with van der Waals surface area (Å²) in [5.74, 6) is 1.20. The minimum absolute atomic E-state index is 0.00579. The van der Waals surface area contributed by atoms with Gasteiger partial charge in [-0.3, -0.25) is 4.79 Å². The van der Waals surface area contributed by atoms with E-state index >= 15 is 0 Å². The van der Waals surface area contributed by atoms with Gasteiger partial charge in [0, 0.05) is 38.5 Å². The highest BCUT2D eigenvalue weighted by Gasteiger charge is 2.18. The molecule has 1 fully saturated rings. The Kier molecular flexibility index (Phi) is 6.86. The minimum atomic E-state index is -0.00579. The Morgan fingerprint density at radius 2 is 2.10 bits per heavy atom. The van der Waals surface area contributed by atoms with Crippen molar-refractivity contribution >= 4 is 17.7 Å². The number of benzene rings is 1.